The van der Waals surface area contributed by atoms with Gasteiger partial charge in [-0.2, -0.15) is 4.99 Å². The van der Waals surface area contributed by atoms with E-state index in [9.17, 15) is 14.7 Å². The Hall–Kier alpha value is -1.89. The average Bonchev–Trinajstić information content (AvgIpc) is 3.30. The van der Waals surface area contributed by atoms with Gasteiger partial charge in [0.2, 0.25) is 0 Å². The molecule has 2 unspecified atom stereocenters. The number of carbonyl (C=O) groups is 2. The Kier molecular flexibility index (Phi) is 5.01. The van der Waals surface area contributed by atoms with Crippen LogP contribution in [0.2, 0.25) is 0 Å². The van der Waals surface area contributed by atoms with Gasteiger partial charge < -0.3 is 9.84 Å². The quantitative estimate of drug-likeness (QED) is 0.773. The molecule has 4 aliphatic carbocycles. The summed E-state index contributed by atoms with van der Waals surface area (Å²) in [6.45, 7) is 7.96. The number of rotatable bonds is 4. The predicted octanol–water partition coefficient (Wildman–Crippen LogP) is 3.40. The summed E-state index contributed by atoms with van der Waals surface area (Å²) in [5.74, 6) is -0.144. The smallest absolute Gasteiger partial charge is 0.309 e. The number of nitrogens with zero attached hydrogens (tertiary/aromatic N) is 3. The molecule has 4 bridgehead atoms. The van der Waals surface area contributed by atoms with Gasteiger partial charge >= 0.3 is 5.97 Å². The minimum Gasteiger partial charge on any atom is -0.481 e. The second kappa shape index (κ2) is 7.31. The van der Waals surface area contributed by atoms with E-state index in [1.54, 1.807) is 0 Å². The van der Waals surface area contributed by atoms with Crippen molar-refractivity contribution in [2.45, 2.75) is 90.2 Å². The maximum Gasteiger partial charge on any atom is 0.309 e. The lowest BCUT2D eigenvalue weighted by molar-refractivity contribution is -0.177. The van der Waals surface area contributed by atoms with Crippen LogP contribution >= 0.6 is 0 Å². The van der Waals surface area contributed by atoms with Gasteiger partial charge in [0.05, 0.1) is 23.5 Å². The molecule has 5 aliphatic rings. The van der Waals surface area contributed by atoms with Crippen LogP contribution in [-0.4, -0.2) is 39.1 Å². The zero-order valence-electron chi connectivity index (χ0n) is 19.9. The van der Waals surface area contributed by atoms with E-state index in [0.717, 1.165) is 57.2 Å². The summed E-state index contributed by atoms with van der Waals surface area (Å²) in [6.07, 6.45) is 6.80. The average molecular weight is 444 g/mol. The summed E-state index contributed by atoms with van der Waals surface area (Å²) >= 11 is 0. The zero-order chi connectivity index (χ0) is 22.9. The fraction of sp³-hybridized carbons (Fsp3) is 0.800. The lowest BCUT2D eigenvalue weighted by Crippen LogP contribution is -2.57. The molecule has 4 saturated carbocycles. The van der Waals surface area contributed by atoms with E-state index in [4.69, 9.17) is 9.73 Å². The first-order valence-corrected chi connectivity index (χ1v) is 12.2. The lowest BCUT2D eigenvalue weighted by atomic mass is 9.44. The highest BCUT2D eigenvalue weighted by Crippen LogP contribution is 2.65. The highest BCUT2D eigenvalue weighted by molar-refractivity contribution is 5.86. The molecule has 1 amide bonds. The van der Waals surface area contributed by atoms with Crippen LogP contribution in [0, 0.1) is 22.7 Å². The third-order valence-electron chi connectivity index (χ3n) is 8.59. The number of carboxylic acid groups (broad SMARTS) is 1. The molecule has 5 fully saturated rings. The van der Waals surface area contributed by atoms with Gasteiger partial charge in [-0.3, -0.25) is 19.0 Å². The molecule has 1 N–H and O–H groups in total. The minimum atomic E-state index is -0.726. The molecule has 0 aromatic carbocycles. The Bertz CT molecular complexity index is 991. The standard InChI is InChI=1S/C25H37N3O4/c1-23(2,3)19-9-20(28(27(19)4)14-18-6-5-7-32-18)26-21(29)24-10-16-8-17(11-24)13-25(12-16,15-24)22(30)31/h9,16-18H,5-8,10-15H2,1-4H3,(H,30,31)/b26-20+/t16?,17?,18-,24?,25?/m1/s1. The van der Waals surface area contributed by atoms with Gasteiger partial charge in [-0.05, 0) is 63.2 Å². The van der Waals surface area contributed by atoms with Crippen LogP contribution in [0.15, 0.2) is 11.1 Å². The number of carbonyl (C=O) groups excluding carboxylic acids is 1. The zero-order valence-corrected chi connectivity index (χ0v) is 19.9. The molecule has 1 aromatic rings. The Morgan fingerprint density at radius 3 is 2.41 bits per heavy atom. The van der Waals surface area contributed by atoms with Crippen molar-refractivity contribution in [2.24, 2.45) is 34.7 Å². The molecule has 0 spiro atoms. The highest BCUT2D eigenvalue weighted by Gasteiger charge is 2.63. The van der Waals surface area contributed by atoms with Gasteiger partial charge in [0.25, 0.3) is 5.91 Å². The Morgan fingerprint density at radius 1 is 1.19 bits per heavy atom. The number of aliphatic carboxylic acids is 1. The van der Waals surface area contributed by atoms with Crippen molar-refractivity contribution in [3.63, 3.8) is 0 Å². The van der Waals surface area contributed by atoms with Gasteiger partial charge in [-0.1, -0.05) is 20.8 Å². The molecule has 1 aliphatic heterocycles. The summed E-state index contributed by atoms with van der Waals surface area (Å²) in [6, 6.07) is 2.04. The molecule has 1 saturated heterocycles. The minimum absolute atomic E-state index is 0.0854. The first kappa shape index (κ1) is 21.9. The SMILES string of the molecule is Cn1c(C(C)(C)C)c/c(=N\C(=O)C23CC4CC(CC(C(=O)O)(C4)C2)C3)n1C[C@H]1CCCO1. The normalized spacial score (nSPS) is 36.8. The van der Waals surface area contributed by atoms with E-state index >= 15 is 0 Å². The van der Waals surface area contributed by atoms with E-state index < -0.39 is 16.8 Å². The molecule has 32 heavy (non-hydrogen) atoms. The van der Waals surface area contributed by atoms with Gasteiger partial charge in [-0.25, -0.2) is 0 Å². The van der Waals surface area contributed by atoms with Crippen molar-refractivity contribution in [3.8, 4) is 0 Å². The number of carboxylic acids is 1. The van der Waals surface area contributed by atoms with Crippen LogP contribution < -0.4 is 5.49 Å². The van der Waals surface area contributed by atoms with Crippen LogP contribution in [0.3, 0.4) is 0 Å². The molecule has 3 atom stereocenters. The first-order valence-electron chi connectivity index (χ1n) is 12.2. The van der Waals surface area contributed by atoms with E-state index in [1.807, 2.05) is 13.1 Å². The molecule has 0 radical (unpaired) electrons. The van der Waals surface area contributed by atoms with Crippen LogP contribution in [0.5, 0.6) is 0 Å². The largest absolute Gasteiger partial charge is 0.481 e. The van der Waals surface area contributed by atoms with Crippen molar-refractivity contribution < 1.29 is 19.4 Å². The molecular formula is C25H37N3O4. The van der Waals surface area contributed by atoms with E-state index in [2.05, 4.69) is 30.1 Å². The second-order valence-electron chi connectivity index (χ2n) is 12.1. The van der Waals surface area contributed by atoms with Gasteiger partial charge in [-0.15, -0.1) is 0 Å². The Labute approximate surface area is 189 Å². The summed E-state index contributed by atoms with van der Waals surface area (Å²) in [5, 5.41) is 10.0. The lowest BCUT2D eigenvalue weighted by Gasteiger charge is -2.59. The molecule has 6 rings (SSSR count). The monoisotopic (exact) mass is 443 g/mol. The number of hydrogen-bond donors (Lipinski definition) is 1. The van der Waals surface area contributed by atoms with Crippen LogP contribution in [0.4, 0.5) is 0 Å². The molecule has 7 heteroatoms. The van der Waals surface area contributed by atoms with Gasteiger partial charge in [0.1, 0.15) is 0 Å². The maximum absolute atomic E-state index is 13.8. The fourth-order valence-electron chi connectivity index (χ4n) is 7.55. The summed E-state index contributed by atoms with van der Waals surface area (Å²) < 4.78 is 10.1. The number of ether oxygens (including phenoxy) is 1. The third-order valence-corrected chi connectivity index (χ3v) is 8.59. The summed E-state index contributed by atoms with van der Waals surface area (Å²) in [7, 11) is 2.03. The maximum atomic E-state index is 13.8. The highest BCUT2D eigenvalue weighted by atomic mass is 16.5. The summed E-state index contributed by atoms with van der Waals surface area (Å²) in [5.41, 5.74) is 0.378. The van der Waals surface area contributed by atoms with Crippen molar-refractivity contribution in [1.29, 1.82) is 0 Å². The van der Waals surface area contributed by atoms with E-state index in [-0.39, 0.29) is 17.4 Å². The van der Waals surface area contributed by atoms with Gasteiger partial charge in [0.15, 0.2) is 5.49 Å². The Balaban J connectivity index is 1.54. The first-order chi connectivity index (χ1) is 15.0. The van der Waals surface area contributed by atoms with Crippen LogP contribution in [-0.2, 0) is 33.3 Å². The third kappa shape index (κ3) is 3.47. The molecular weight excluding hydrogens is 406 g/mol. The fourth-order valence-corrected chi connectivity index (χ4v) is 7.55. The Morgan fingerprint density at radius 2 is 1.84 bits per heavy atom. The van der Waals surface area contributed by atoms with Crippen molar-refractivity contribution in [1.82, 2.24) is 9.36 Å². The van der Waals surface area contributed by atoms with Crippen LogP contribution in [0.25, 0.3) is 0 Å². The van der Waals surface area contributed by atoms with Crippen LogP contribution in [0.1, 0.15) is 77.8 Å². The number of hydrogen-bond acceptors (Lipinski definition) is 3. The topological polar surface area (TPSA) is 85.8 Å². The van der Waals surface area contributed by atoms with Crippen molar-refractivity contribution in [2.75, 3.05) is 6.61 Å². The van der Waals surface area contributed by atoms with Crippen molar-refractivity contribution in [3.05, 3.63) is 17.2 Å². The number of aromatic nitrogens is 2. The van der Waals surface area contributed by atoms with E-state index in [0.29, 0.717) is 30.3 Å². The molecule has 7 nitrogen and oxygen atoms in total. The van der Waals surface area contributed by atoms with Crippen molar-refractivity contribution >= 4 is 11.9 Å². The predicted molar refractivity (Wildman–Crippen MR) is 119 cm³/mol. The summed E-state index contributed by atoms with van der Waals surface area (Å²) in [4.78, 5) is 30.7. The number of amides is 1. The molecule has 1 aromatic heterocycles. The molecule has 176 valence electrons. The second-order valence-corrected chi connectivity index (χ2v) is 12.1. The van der Waals surface area contributed by atoms with Gasteiger partial charge in [0, 0.05) is 30.8 Å². The molecule has 2 heterocycles. The van der Waals surface area contributed by atoms with E-state index in [1.165, 1.54) is 0 Å².